The summed E-state index contributed by atoms with van der Waals surface area (Å²) in [6.45, 7) is 4.67. The monoisotopic (exact) mass is 347 g/mol. The Labute approximate surface area is 150 Å². The SMILES string of the molecule is CCSC(C)C1CC2(C(N)=S)CCCC(c3ccccc3)(C1)C2. The van der Waals surface area contributed by atoms with Crippen LogP contribution in [0.3, 0.4) is 0 Å². The molecule has 23 heavy (non-hydrogen) atoms. The van der Waals surface area contributed by atoms with Crippen LogP contribution in [0.15, 0.2) is 30.3 Å². The molecule has 4 unspecified atom stereocenters. The molecule has 2 aliphatic carbocycles. The topological polar surface area (TPSA) is 26.0 Å². The Hall–Kier alpha value is -0.540. The third kappa shape index (κ3) is 3.19. The van der Waals surface area contributed by atoms with Gasteiger partial charge in [-0.15, -0.1) is 0 Å². The van der Waals surface area contributed by atoms with Crippen LogP contribution in [0.2, 0.25) is 0 Å². The van der Waals surface area contributed by atoms with Crippen molar-refractivity contribution in [1.82, 2.24) is 0 Å². The summed E-state index contributed by atoms with van der Waals surface area (Å²) in [6, 6.07) is 11.2. The van der Waals surface area contributed by atoms with E-state index in [0.29, 0.717) is 5.25 Å². The van der Waals surface area contributed by atoms with Crippen molar-refractivity contribution in [1.29, 1.82) is 0 Å². The summed E-state index contributed by atoms with van der Waals surface area (Å²) in [7, 11) is 0. The summed E-state index contributed by atoms with van der Waals surface area (Å²) in [6.07, 6.45) is 7.41. The van der Waals surface area contributed by atoms with Crippen LogP contribution < -0.4 is 5.73 Å². The molecular weight excluding hydrogens is 318 g/mol. The van der Waals surface area contributed by atoms with Crippen molar-refractivity contribution in [3.63, 3.8) is 0 Å². The molecule has 0 amide bonds. The second-order valence-electron chi connectivity index (χ2n) is 7.65. The molecule has 2 aliphatic rings. The maximum absolute atomic E-state index is 6.31. The summed E-state index contributed by atoms with van der Waals surface area (Å²) >= 11 is 7.69. The van der Waals surface area contributed by atoms with E-state index in [0.717, 1.165) is 10.9 Å². The Morgan fingerprint density at radius 1 is 1.30 bits per heavy atom. The van der Waals surface area contributed by atoms with E-state index in [1.165, 1.54) is 49.8 Å². The molecule has 2 fully saturated rings. The highest BCUT2D eigenvalue weighted by Gasteiger charge is 2.53. The highest BCUT2D eigenvalue weighted by atomic mass is 32.2. The number of thioether (sulfide) groups is 1. The lowest BCUT2D eigenvalue weighted by Crippen LogP contribution is -2.53. The Balaban J connectivity index is 1.99. The van der Waals surface area contributed by atoms with Crippen LogP contribution in [0.4, 0.5) is 0 Å². The first-order chi connectivity index (χ1) is 11.0. The maximum atomic E-state index is 6.31. The molecule has 0 aromatic heterocycles. The first-order valence-electron chi connectivity index (χ1n) is 8.98. The molecule has 2 N–H and O–H groups in total. The van der Waals surface area contributed by atoms with Crippen LogP contribution in [0, 0.1) is 11.3 Å². The molecule has 1 aromatic carbocycles. The Kier molecular flexibility index (Phi) is 5.08. The lowest BCUT2D eigenvalue weighted by Gasteiger charge is -2.56. The van der Waals surface area contributed by atoms with Gasteiger partial charge >= 0.3 is 0 Å². The van der Waals surface area contributed by atoms with E-state index in [1.54, 1.807) is 0 Å². The zero-order valence-electron chi connectivity index (χ0n) is 14.4. The van der Waals surface area contributed by atoms with Crippen LogP contribution in [0.25, 0.3) is 0 Å². The quantitative estimate of drug-likeness (QED) is 0.730. The molecule has 0 spiro atoms. The normalized spacial score (nSPS) is 34.8. The van der Waals surface area contributed by atoms with Gasteiger partial charge in [-0.2, -0.15) is 11.8 Å². The molecule has 2 saturated carbocycles. The summed E-state index contributed by atoms with van der Waals surface area (Å²) in [4.78, 5) is 0.774. The first kappa shape index (κ1) is 17.3. The molecule has 0 saturated heterocycles. The highest BCUT2D eigenvalue weighted by Crippen LogP contribution is 2.59. The average Bonchev–Trinajstić information content (AvgIpc) is 2.55. The van der Waals surface area contributed by atoms with Gasteiger partial charge in [0.1, 0.15) is 0 Å². The smallest absolute Gasteiger partial charge is 0.0790 e. The van der Waals surface area contributed by atoms with Crippen LogP contribution in [0.5, 0.6) is 0 Å². The molecule has 3 heteroatoms. The summed E-state index contributed by atoms with van der Waals surface area (Å²) in [5, 5.41) is 0.690. The van der Waals surface area contributed by atoms with Gasteiger partial charge in [0.05, 0.1) is 4.99 Å². The number of benzene rings is 1. The van der Waals surface area contributed by atoms with Crippen LogP contribution in [-0.4, -0.2) is 16.0 Å². The number of hydrogen-bond donors (Lipinski definition) is 1. The van der Waals surface area contributed by atoms with Crippen molar-refractivity contribution >= 4 is 29.0 Å². The second kappa shape index (κ2) is 6.76. The first-order valence-corrected chi connectivity index (χ1v) is 10.4. The molecule has 1 nitrogen and oxygen atoms in total. The number of thiocarbonyl (C=S) groups is 1. The van der Waals surface area contributed by atoms with E-state index < -0.39 is 0 Å². The Morgan fingerprint density at radius 3 is 2.70 bits per heavy atom. The average molecular weight is 348 g/mol. The number of nitrogens with two attached hydrogens (primary N) is 1. The fourth-order valence-electron chi connectivity index (χ4n) is 5.21. The summed E-state index contributed by atoms with van der Waals surface area (Å²) in [5.74, 6) is 1.91. The molecule has 0 aliphatic heterocycles. The molecule has 3 rings (SSSR count). The minimum absolute atomic E-state index is 0.0922. The summed E-state index contributed by atoms with van der Waals surface area (Å²) < 4.78 is 0. The van der Waals surface area contributed by atoms with Crippen LogP contribution in [0.1, 0.15) is 57.9 Å². The predicted molar refractivity (Wildman–Crippen MR) is 106 cm³/mol. The molecule has 1 aromatic rings. The van der Waals surface area contributed by atoms with Gasteiger partial charge in [-0.3, -0.25) is 0 Å². The minimum atomic E-state index is 0.0922. The molecule has 4 atom stereocenters. The molecule has 0 heterocycles. The van der Waals surface area contributed by atoms with Gasteiger partial charge in [-0.25, -0.2) is 0 Å². The molecule has 2 bridgehead atoms. The number of rotatable bonds is 5. The lowest BCUT2D eigenvalue weighted by molar-refractivity contribution is 0.0659. The third-order valence-electron chi connectivity index (χ3n) is 6.30. The highest BCUT2D eigenvalue weighted by molar-refractivity contribution is 7.99. The standard InChI is InChI=1S/C20H29NS2/c1-3-23-15(2)16-12-19(17-8-5-4-6-9-17)10-7-11-20(13-16,14-19)18(21)22/h4-6,8-9,15-16H,3,7,10-14H2,1-2H3,(H2,21,22). The molecule has 0 radical (unpaired) electrons. The van der Waals surface area contributed by atoms with E-state index in [2.05, 4.69) is 55.9 Å². The van der Waals surface area contributed by atoms with E-state index in [1.807, 2.05) is 0 Å². The zero-order valence-corrected chi connectivity index (χ0v) is 16.0. The van der Waals surface area contributed by atoms with E-state index in [4.69, 9.17) is 18.0 Å². The predicted octanol–water partition coefficient (Wildman–Crippen LogP) is 5.32. The lowest BCUT2D eigenvalue weighted by atomic mass is 9.50. The molecule has 126 valence electrons. The van der Waals surface area contributed by atoms with Crippen LogP contribution >= 0.6 is 24.0 Å². The fourth-order valence-corrected chi connectivity index (χ4v) is 6.46. The fraction of sp³-hybridized carbons (Fsp3) is 0.650. The maximum Gasteiger partial charge on any atom is 0.0790 e. The van der Waals surface area contributed by atoms with Gasteiger partial charge < -0.3 is 5.73 Å². The number of fused-ring (bicyclic) bond motifs is 2. The van der Waals surface area contributed by atoms with Crippen molar-refractivity contribution in [2.24, 2.45) is 17.1 Å². The van der Waals surface area contributed by atoms with Gasteiger partial charge in [0.25, 0.3) is 0 Å². The van der Waals surface area contributed by atoms with E-state index in [-0.39, 0.29) is 10.8 Å². The van der Waals surface area contributed by atoms with Crippen molar-refractivity contribution in [3.05, 3.63) is 35.9 Å². The van der Waals surface area contributed by atoms with Gasteiger partial charge in [-0.1, -0.05) is 62.8 Å². The van der Waals surface area contributed by atoms with Crippen LogP contribution in [-0.2, 0) is 5.41 Å². The third-order valence-corrected chi connectivity index (χ3v) is 7.97. The van der Waals surface area contributed by atoms with Gasteiger partial charge in [0.2, 0.25) is 0 Å². The Bertz CT molecular complexity index is 558. The van der Waals surface area contributed by atoms with Crippen molar-refractivity contribution in [2.75, 3.05) is 5.75 Å². The minimum Gasteiger partial charge on any atom is -0.393 e. The second-order valence-corrected chi connectivity index (χ2v) is 9.74. The Morgan fingerprint density at radius 2 is 2.04 bits per heavy atom. The van der Waals surface area contributed by atoms with E-state index >= 15 is 0 Å². The van der Waals surface area contributed by atoms with Crippen molar-refractivity contribution < 1.29 is 0 Å². The van der Waals surface area contributed by atoms with Crippen molar-refractivity contribution in [2.45, 2.75) is 63.0 Å². The number of hydrogen-bond acceptors (Lipinski definition) is 2. The molecular formula is C20H29NS2. The van der Waals surface area contributed by atoms with Gasteiger partial charge in [0, 0.05) is 10.7 Å². The van der Waals surface area contributed by atoms with Gasteiger partial charge in [0.15, 0.2) is 0 Å². The van der Waals surface area contributed by atoms with Gasteiger partial charge in [-0.05, 0) is 54.8 Å². The zero-order chi connectivity index (χ0) is 16.5. The largest absolute Gasteiger partial charge is 0.393 e. The van der Waals surface area contributed by atoms with Crippen molar-refractivity contribution in [3.8, 4) is 0 Å². The van der Waals surface area contributed by atoms with E-state index in [9.17, 15) is 0 Å². The summed E-state index contributed by atoms with van der Waals surface area (Å²) in [5.41, 5.74) is 8.20.